The highest BCUT2D eigenvalue weighted by Crippen LogP contribution is 2.20. The van der Waals surface area contributed by atoms with Gasteiger partial charge >= 0.3 is 0 Å². The SMILES string of the molecule is CC(C)(C)c1nnnn1CC(=O)Nc1ccc(F)c(Cl)c1. The van der Waals surface area contributed by atoms with Crippen LogP contribution in [0.5, 0.6) is 0 Å². The van der Waals surface area contributed by atoms with Gasteiger partial charge in [0, 0.05) is 11.1 Å². The fourth-order valence-corrected chi connectivity index (χ4v) is 1.94. The van der Waals surface area contributed by atoms with Crippen LogP contribution < -0.4 is 5.32 Å². The van der Waals surface area contributed by atoms with Crippen molar-refractivity contribution in [3.05, 3.63) is 34.9 Å². The molecule has 0 atom stereocenters. The second-order valence-electron chi connectivity index (χ2n) is 5.59. The molecule has 1 heterocycles. The zero-order valence-electron chi connectivity index (χ0n) is 11.9. The van der Waals surface area contributed by atoms with Crippen molar-refractivity contribution in [3.63, 3.8) is 0 Å². The van der Waals surface area contributed by atoms with Gasteiger partial charge in [-0.1, -0.05) is 32.4 Å². The molecule has 21 heavy (non-hydrogen) atoms. The number of benzene rings is 1. The molecule has 0 fully saturated rings. The molecule has 0 aliphatic heterocycles. The highest BCUT2D eigenvalue weighted by atomic mass is 35.5. The number of aromatic nitrogens is 4. The Kier molecular flexibility index (Phi) is 4.22. The summed E-state index contributed by atoms with van der Waals surface area (Å²) in [6.07, 6.45) is 0. The van der Waals surface area contributed by atoms with Crippen molar-refractivity contribution in [1.29, 1.82) is 0 Å². The van der Waals surface area contributed by atoms with Crippen molar-refractivity contribution < 1.29 is 9.18 Å². The molecule has 0 spiro atoms. The monoisotopic (exact) mass is 311 g/mol. The number of nitrogens with zero attached hydrogens (tertiary/aromatic N) is 4. The summed E-state index contributed by atoms with van der Waals surface area (Å²) in [4.78, 5) is 12.0. The number of nitrogens with one attached hydrogen (secondary N) is 1. The summed E-state index contributed by atoms with van der Waals surface area (Å²) in [6.45, 7) is 5.82. The molecule has 2 rings (SSSR count). The largest absolute Gasteiger partial charge is 0.324 e. The predicted molar refractivity (Wildman–Crippen MR) is 76.6 cm³/mol. The summed E-state index contributed by atoms with van der Waals surface area (Å²) in [5, 5.41) is 13.9. The fraction of sp³-hybridized carbons (Fsp3) is 0.385. The highest BCUT2D eigenvalue weighted by Gasteiger charge is 2.23. The van der Waals surface area contributed by atoms with Crippen LogP contribution >= 0.6 is 11.6 Å². The number of carbonyl (C=O) groups is 1. The smallest absolute Gasteiger partial charge is 0.246 e. The molecule has 0 bridgehead atoms. The Morgan fingerprint density at radius 1 is 1.43 bits per heavy atom. The number of anilines is 1. The lowest BCUT2D eigenvalue weighted by molar-refractivity contribution is -0.117. The van der Waals surface area contributed by atoms with E-state index < -0.39 is 5.82 Å². The Bertz CT molecular complexity index is 665. The molecule has 6 nitrogen and oxygen atoms in total. The first-order valence-electron chi connectivity index (χ1n) is 6.29. The molecule has 1 amide bonds. The van der Waals surface area contributed by atoms with Gasteiger partial charge in [0.05, 0.1) is 5.02 Å². The summed E-state index contributed by atoms with van der Waals surface area (Å²) in [6, 6.07) is 3.97. The summed E-state index contributed by atoms with van der Waals surface area (Å²) in [5.74, 6) is -0.254. The first-order chi connectivity index (χ1) is 9.77. The second-order valence-corrected chi connectivity index (χ2v) is 5.99. The lowest BCUT2D eigenvalue weighted by Crippen LogP contribution is -2.25. The molecular weight excluding hydrogens is 297 g/mol. The molecule has 0 unspecified atom stereocenters. The Labute approximate surface area is 126 Å². The van der Waals surface area contributed by atoms with Crippen LogP contribution in [-0.4, -0.2) is 26.1 Å². The lowest BCUT2D eigenvalue weighted by Gasteiger charge is -2.16. The van der Waals surface area contributed by atoms with E-state index in [-0.39, 0.29) is 22.9 Å². The summed E-state index contributed by atoms with van der Waals surface area (Å²) < 4.78 is 14.5. The van der Waals surface area contributed by atoms with Crippen LogP contribution in [0, 0.1) is 5.82 Å². The average molecular weight is 312 g/mol. The first kappa shape index (κ1) is 15.4. The van der Waals surface area contributed by atoms with E-state index in [1.807, 2.05) is 20.8 Å². The molecule has 1 aromatic heterocycles. The van der Waals surface area contributed by atoms with Crippen LogP contribution in [-0.2, 0) is 16.8 Å². The van der Waals surface area contributed by atoms with Gasteiger partial charge < -0.3 is 5.32 Å². The Morgan fingerprint density at radius 3 is 2.76 bits per heavy atom. The van der Waals surface area contributed by atoms with Crippen molar-refractivity contribution in [3.8, 4) is 0 Å². The number of hydrogen-bond acceptors (Lipinski definition) is 4. The number of halogens is 2. The van der Waals surface area contributed by atoms with E-state index in [1.165, 1.54) is 22.9 Å². The number of rotatable bonds is 3. The van der Waals surface area contributed by atoms with Crippen molar-refractivity contribution in [2.45, 2.75) is 32.7 Å². The molecule has 0 aliphatic rings. The molecule has 0 saturated carbocycles. The maximum atomic E-state index is 13.1. The second kappa shape index (κ2) is 5.77. The van der Waals surface area contributed by atoms with Gasteiger partial charge in [-0.3, -0.25) is 4.79 Å². The number of carbonyl (C=O) groups excluding carboxylic acids is 1. The van der Waals surface area contributed by atoms with Crippen LogP contribution in [0.3, 0.4) is 0 Å². The zero-order valence-corrected chi connectivity index (χ0v) is 12.6. The first-order valence-corrected chi connectivity index (χ1v) is 6.67. The van der Waals surface area contributed by atoms with Crippen molar-refractivity contribution >= 4 is 23.2 Å². The van der Waals surface area contributed by atoms with Crippen LogP contribution in [0.4, 0.5) is 10.1 Å². The third-order valence-electron chi connectivity index (χ3n) is 2.70. The van der Waals surface area contributed by atoms with E-state index in [1.54, 1.807) is 0 Å². The van der Waals surface area contributed by atoms with Crippen LogP contribution in [0.2, 0.25) is 5.02 Å². The third kappa shape index (κ3) is 3.75. The van der Waals surface area contributed by atoms with Gasteiger partial charge in [-0.05, 0) is 28.6 Å². The highest BCUT2D eigenvalue weighted by molar-refractivity contribution is 6.31. The minimum atomic E-state index is -0.537. The van der Waals surface area contributed by atoms with E-state index in [0.29, 0.717) is 11.5 Å². The maximum absolute atomic E-state index is 13.1. The molecule has 8 heteroatoms. The van der Waals surface area contributed by atoms with Gasteiger partial charge in [-0.25, -0.2) is 9.07 Å². The van der Waals surface area contributed by atoms with Crippen LogP contribution in [0.1, 0.15) is 26.6 Å². The van der Waals surface area contributed by atoms with Gasteiger partial charge in [0.2, 0.25) is 5.91 Å². The molecular formula is C13H15ClFN5O. The van der Waals surface area contributed by atoms with Crippen LogP contribution in [0.25, 0.3) is 0 Å². The molecule has 0 aliphatic carbocycles. The third-order valence-corrected chi connectivity index (χ3v) is 2.99. The standard InChI is InChI=1S/C13H15ClFN5O/c1-13(2,3)12-17-18-19-20(12)7-11(21)16-8-4-5-10(15)9(14)6-8/h4-6H,7H2,1-3H3,(H,16,21). The molecule has 0 saturated heterocycles. The van der Waals surface area contributed by atoms with E-state index in [2.05, 4.69) is 20.8 Å². The summed E-state index contributed by atoms with van der Waals surface area (Å²) >= 11 is 5.66. The van der Waals surface area contributed by atoms with E-state index in [9.17, 15) is 9.18 Å². The minimum absolute atomic E-state index is 0.0331. The normalized spacial score (nSPS) is 11.5. The van der Waals surface area contributed by atoms with Crippen molar-refractivity contribution in [2.75, 3.05) is 5.32 Å². The Morgan fingerprint density at radius 2 is 2.14 bits per heavy atom. The molecule has 1 N–H and O–H groups in total. The Balaban J connectivity index is 2.09. The van der Waals surface area contributed by atoms with Crippen molar-refractivity contribution in [2.24, 2.45) is 0 Å². The van der Waals surface area contributed by atoms with Gasteiger partial charge in [0.15, 0.2) is 5.82 Å². The van der Waals surface area contributed by atoms with E-state index >= 15 is 0 Å². The predicted octanol–water partition coefficient (Wildman–Crippen LogP) is 2.40. The van der Waals surface area contributed by atoms with E-state index in [4.69, 9.17) is 11.6 Å². The van der Waals surface area contributed by atoms with Gasteiger partial charge in [0.1, 0.15) is 12.4 Å². The lowest BCUT2D eigenvalue weighted by atomic mass is 9.96. The topological polar surface area (TPSA) is 72.7 Å². The van der Waals surface area contributed by atoms with Gasteiger partial charge in [-0.15, -0.1) is 5.10 Å². The quantitative estimate of drug-likeness (QED) is 0.944. The van der Waals surface area contributed by atoms with Crippen LogP contribution in [0.15, 0.2) is 18.2 Å². The van der Waals surface area contributed by atoms with Gasteiger partial charge in [0.25, 0.3) is 0 Å². The summed E-state index contributed by atoms with van der Waals surface area (Å²) in [5.41, 5.74) is 0.139. The molecule has 112 valence electrons. The average Bonchev–Trinajstić information content (AvgIpc) is 2.81. The zero-order chi connectivity index (χ0) is 15.6. The number of amides is 1. The molecule has 0 radical (unpaired) electrons. The molecule has 2 aromatic rings. The Hall–Kier alpha value is -2.02. The summed E-state index contributed by atoms with van der Waals surface area (Å²) in [7, 11) is 0. The maximum Gasteiger partial charge on any atom is 0.246 e. The van der Waals surface area contributed by atoms with Gasteiger partial charge in [-0.2, -0.15) is 0 Å². The number of hydrogen-bond donors (Lipinski definition) is 1. The minimum Gasteiger partial charge on any atom is -0.324 e. The van der Waals surface area contributed by atoms with E-state index in [0.717, 1.165) is 0 Å². The van der Waals surface area contributed by atoms with Crippen molar-refractivity contribution in [1.82, 2.24) is 20.2 Å². The molecule has 1 aromatic carbocycles. The fourth-order valence-electron chi connectivity index (χ4n) is 1.76. The number of tetrazole rings is 1.